The largest absolute Gasteiger partial charge is 0.497 e. The summed E-state index contributed by atoms with van der Waals surface area (Å²) in [5.41, 5.74) is 1.68. The van der Waals surface area contributed by atoms with Gasteiger partial charge in [-0.3, -0.25) is 9.59 Å². The fraction of sp³-hybridized carbons (Fsp3) is 0.796. The van der Waals surface area contributed by atoms with E-state index in [1.165, 1.54) is 0 Å². The molecule has 6 aliphatic rings. The van der Waals surface area contributed by atoms with Crippen molar-refractivity contribution in [1.82, 2.24) is 10.2 Å². The minimum absolute atomic E-state index is 0.00795. The summed E-state index contributed by atoms with van der Waals surface area (Å²) in [4.78, 5) is 31.5. The van der Waals surface area contributed by atoms with Gasteiger partial charge in [0.25, 0.3) is 0 Å². The van der Waals surface area contributed by atoms with E-state index in [1.807, 2.05) is 45.0 Å². The highest BCUT2D eigenvalue weighted by Gasteiger charge is 2.59. The van der Waals surface area contributed by atoms with Crippen molar-refractivity contribution in [3.05, 3.63) is 41.5 Å². The molecule has 7 rings (SSSR count). The first-order valence-corrected chi connectivity index (χ1v) is 23.7. The molecule has 0 bridgehead atoms. The number of Topliss-reactive ketones (excluding diaryl/α,β-unsaturated/α-hetero) is 1. The monoisotopic (exact) mass is 885 g/mol. The van der Waals surface area contributed by atoms with Crippen molar-refractivity contribution in [2.45, 2.75) is 172 Å². The zero-order valence-corrected chi connectivity index (χ0v) is 39.3. The fourth-order valence-corrected chi connectivity index (χ4v) is 12.3. The van der Waals surface area contributed by atoms with Crippen molar-refractivity contribution in [1.29, 1.82) is 0 Å². The number of rotatable bonds is 13. The predicted molar refractivity (Wildman–Crippen MR) is 235 cm³/mol. The van der Waals surface area contributed by atoms with Crippen LogP contribution >= 0.6 is 0 Å². The first-order chi connectivity index (χ1) is 30.3. The van der Waals surface area contributed by atoms with Crippen LogP contribution in [0, 0.1) is 35.5 Å². The second-order valence-electron chi connectivity index (χ2n) is 19.4. The number of methoxy groups -OCH3 is 4. The number of fused-ring (bicyclic) bond motifs is 5. The van der Waals surface area contributed by atoms with Gasteiger partial charge in [-0.1, -0.05) is 32.1 Å². The molecule has 1 aromatic rings. The van der Waals surface area contributed by atoms with Crippen LogP contribution in [0.25, 0.3) is 0 Å². The van der Waals surface area contributed by atoms with Gasteiger partial charge in [-0.05, 0) is 126 Å². The van der Waals surface area contributed by atoms with Gasteiger partial charge in [0.15, 0.2) is 18.4 Å². The number of cyclic esters (lactones) is 1. The van der Waals surface area contributed by atoms with E-state index in [0.29, 0.717) is 50.3 Å². The average molecular weight is 885 g/mol. The number of esters is 1. The van der Waals surface area contributed by atoms with Gasteiger partial charge in [-0.25, -0.2) is 0 Å². The third kappa shape index (κ3) is 10.4. The van der Waals surface area contributed by atoms with Crippen LogP contribution in [0.4, 0.5) is 0 Å². The molecule has 0 aromatic heterocycles. The van der Waals surface area contributed by atoms with Crippen molar-refractivity contribution < 1.29 is 57.3 Å². The Labute approximate surface area is 375 Å². The van der Waals surface area contributed by atoms with Gasteiger partial charge < -0.3 is 58.0 Å². The molecule has 1 aromatic carbocycles. The normalized spacial score (nSPS) is 42.3. The maximum atomic E-state index is 15.2. The number of hydrogen-bond donors (Lipinski definition) is 2. The highest BCUT2D eigenvalue weighted by molar-refractivity contribution is 5.99. The van der Waals surface area contributed by atoms with Gasteiger partial charge in [0, 0.05) is 51.8 Å². The molecule has 3 heterocycles. The average Bonchev–Trinajstić information content (AvgIpc) is 3.86. The number of ether oxygens (including phenoxy) is 9. The van der Waals surface area contributed by atoms with E-state index in [0.717, 1.165) is 30.6 Å². The topological polar surface area (TPSA) is 153 Å². The molecule has 0 amide bonds. The Morgan fingerprint density at radius 2 is 1.56 bits per heavy atom. The number of nitrogens with one attached hydrogen (secondary N) is 1. The molecule has 354 valence electrons. The van der Waals surface area contributed by atoms with Crippen molar-refractivity contribution in [3.63, 3.8) is 0 Å². The van der Waals surface area contributed by atoms with Crippen molar-refractivity contribution in [3.8, 4) is 5.75 Å². The van der Waals surface area contributed by atoms with Crippen LogP contribution in [0.1, 0.15) is 91.0 Å². The summed E-state index contributed by atoms with van der Waals surface area (Å²) < 4.78 is 55.7. The number of allylic oxidation sites excluding steroid dienone is 2. The molecule has 0 radical (unpaired) electrons. The molecule has 14 nitrogen and oxygen atoms in total. The molecule has 2 saturated carbocycles. The molecule has 2 N–H and O–H groups in total. The van der Waals surface area contributed by atoms with Crippen molar-refractivity contribution >= 4 is 11.8 Å². The van der Waals surface area contributed by atoms with Crippen LogP contribution in [0.3, 0.4) is 0 Å². The number of ketones is 1. The van der Waals surface area contributed by atoms with E-state index in [1.54, 1.807) is 28.4 Å². The lowest BCUT2D eigenvalue weighted by molar-refractivity contribution is -0.314. The van der Waals surface area contributed by atoms with Gasteiger partial charge >= 0.3 is 5.97 Å². The van der Waals surface area contributed by atoms with E-state index in [4.69, 9.17) is 42.6 Å². The molecule has 3 aliphatic carbocycles. The standard InChI is InChI=1S/C49H76N2O12/c1-11-30-13-12-14-39(63-41-20-19-38(51(5)6)27(3)59-41)26(2)44(53)37-23-34-33-21-32(62-49-48(58-10)47(57-9)46(56-8)28(4)60-49)22-36(33)45(54)43(42(34)35(37)24-40(52)61-30)50-25-29-15-17-31(55-7)18-16-29/h15-18,23,26-28,30,32-36,38-39,41-43,45-50,54H,11-14,19-22,24-25H2,1-10H3/t26-,27?,28?,30+,32+,33+,34+,35-,36-,38+,39+,41+,42-,43-,45-,46+,47?,48+,49+/m1/s1. The van der Waals surface area contributed by atoms with Gasteiger partial charge in [0.1, 0.15) is 30.2 Å². The second-order valence-corrected chi connectivity index (χ2v) is 19.4. The zero-order chi connectivity index (χ0) is 45.1. The Morgan fingerprint density at radius 3 is 2.21 bits per heavy atom. The summed E-state index contributed by atoms with van der Waals surface area (Å²) in [6, 6.07) is 7.74. The molecule has 3 unspecified atom stereocenters. The van der Waals surface area contributed by atoms with Crippen molar-refractivity contribution in [2.75, 3.05) is 42.5 Å². The van der Waals surface area contributed by atoms with Crippen LogP contribution in [-0.4, -0.2) is 144 Å². The molecule has 3 saturated heterocycles. The van der Waals surface area contributed by atoms with Gasteiger partial charge in [-0.15, -0.1) is 0 Å². The summed E-state index contributed by atoms with van der Waals surface area (Å²) in [5, 5.41) is 16.4. The van der Waals surface area contributed by atoms with Gasteiger partial charge in [0.2, 0.25) is 0 Å². The molecule has 5 fully saturated rings. The Kier molecular flexibility index (Phi) is 16.5. The molecular formula is C49H76N2O12. The summed E-state index contributed by atoms with van der Waals surface area (Å²) in [6.07, 6.45) is 3.51. The summed E-state index contributed by atoms with van der Waals surface area (Å²) >= 11 is 0. The minimum Gasteiger partial charge on any atom is -0.497 e. The van der Waals surface area contributed by atoms with Crippen LogP contribution in [0.15, 0.2) is 35.9 Å². The van der Waals surface area contributed by atoms with E-state index >= 15 is 4.79 Å². The summed E-state index contributed by atoms with van der Waals surface area (Å²) in [5.74, 6) is -1.05. The Hall–Kier alpha value is -2.50. The Bertz CT molecular complexity index is 1690. The number of benzene rings is 1. The molecule has 3 aliphatic heterocycles. The SMILES string of the molecule is CC[C@H]1CCC[C@H](O[C@H]2CC[C@H](N(C)C)C(C)O2)[C@@H](C)C(=O)C2=C[C@H]3[C@@H]4C[C@H](O[C@@H]5OC(C)[C@H](OC)C(OC)[C@@H]5OC)C[C@H]4[C@@H](O)[C@H](NCc4ccc(OC)cc4)[C@H]3[C@@H]2CC(=O)O1. The Morgan fingerprint density at radius 1 is 0.841 bits per heavy atom. The molecule has 14 heteroatoms. The fourth-order valence-electron chi connectivity index (χ4n) is 12.3. The zero-order valence-electron chi connectivity index (χ0n) is 39.3. The van der Waals surface area contributed by atoms with Crippen LogP contribution < -0.4 is 10.1 Å². The highest BCUT2D eigenvalue weighted by atomic mass is 16.7. The van der Waals surface area contributed by atoms with E-state index in [9.17, 15) is 9.90 Å². The van der Waals surface area contributed by atoms with Crippen LogP contribution in [-0.2, 0) is 54.0 Å². The van der Waals surface area contributed by atoms with Gasteiger partial charge in [-0.2, -0.15) is 0 Å². The third-order valence-corrected chi connectivity index (χ3v) is 15.6. The van der Waals surface area contributed by atoms with E-state index in [-0.39, 0.29) is 78.5 Å². The van der Waals surface area contributed by atoms with Crippen LogP contribution in [0.5, 0.6) is 5.75 Å². The minimum atomic E-state index is -0.786. The molecule has 0 spiro atoms. The smallest absolute Gasteiger partial charge is 0.306 e. The predicted octanol–water partition coefficient (Wildman–Crippen LogP) is 5.46. The number of hydrogen-bond acceptors (Lipinski definition) is 14. The lowest BCUT2D eigenvalue weighted by Crippen LogP contribution is -2.59. The van der Waals surface area contributed by atoms with Crippen LogP contribution in [0.2, 0.25) is 0 Å². The lowest BCUT2D eigenvalue weighted by Gasteiger charge is -2.47. The number of likely N-dealkylation sites (N-methyl/N-ethyl adjacent to an activating group) is 1. The maximum Gasteiger partial charge on any atom is 0.306 e. The van der Waals surface area contributed by atoms with Gasteiger partial charge in [0.05, 0.1) is 44.1 Å². The number of nitrogens with zero attached hydrogens (tertiary/aromatic N) is 1. The lowest BCUT2D eigenvalue weighted by atomic mass is 9.62. The first kappa shape index (κ1) is 48.4. The van der Waals surface area contributed by atoms with E-state index in [2.05, 4.69) is 37.3 Å². The Balaban J connectivity index is 1.20. The first-order valence-electron chi connectivity index (χ1n) is 23.7. The number of carbonyl (C=O) groups is 2. The molecular weight excluding hydrogens is 809 g/mol. The quantitative estimate of drug-likeness (QED) is 0.241. The number of aliphatic hydroxyl groups is 1. The second kappa shape index (κ2) is 21.4. The molecule has 19 atom stereocenters. The number of aliphatic hydroxyl groups excluding tert-OH is 1. The number of carbonyl (C=O) groups excluding carboxylic acids is 2. The summed E-state index contributed by atoms with van der Waals surface area (Å²) in [6.45, 7) is 8.55. The maximum absolute atomic E-state index is 15.2. The van der Waals surface area contributed by atoms with Crippen molar-refractivity contribution in [2.24, 2.45) is 35.5 Å². The third-order valence-electron chi connectivity index (χ3n) is 15.6. The summed E-state index contributed by atoms with van der Waals surface area (Å²) in [7, 11) is 10.7. The molecule has 63 heavy (non-hydrogen) atoms. The van der Waals surface area contributed by atoms with E-state index < -0.39 is 48.8 Å². The highest BCUT2D eigenvalue weighted by Crippen LogP contribution is 2.57.